The SMILES string of the molecule is CC1CCC(O)C(Oc2ccccc2C(F)(F)F)C1. The van der Waals surface area contributed by atoms with Gasteiger partial charge < -0.3 is 9.84 Å². The Kier molecular flexibility index (Phi) is 4.04. The predicted octanol–water partition coefficient (Wildman–Crippen LogP) is 3.63. The van der Waals surface area contributed by atoms with Gasteiger partial charge in [0, 0.05) is 0 Å². The van der Waals surface area contributed by atoms with Gasteiger partial charge in [0.25, 0.3) is 0 Å². The third-order valence-corrected chi connectivity index (χ3v) is 3.49. The van der Waals surface area contributed by atoms with E-state index in [9.17, 15) is 18.3 Å². The molecule has 0 saturated heterocycles. The molecule has 0 heterocycles. The lowest BCUT2D eigenvalue weighted by atomic mass is 9.86. The standard InChI is InChI=1S/C14H17F3O2/c1-9-6-7-11(18)13(8-9)19-12-5-3-2-4-10(12)14(15,16)17/h2-5,9,11,13,18H,6-8H2,1H3. The minimum Gasteiger partial charge on any atom is -0.487 e. The first-order chi connectivity index (χ1) is 8.88. The Morgan fingerprint density at radius 3 is 2.58 bits per heavy atom. The van der Waals surface area contributed by atoms with Crippen LogP contribution in [0.3, 0.4) is 0 Å². The molecule has 5 heteroatoms. The Hall–Kier alpha value is -1.23. The number of hydrogen-bond donors (Lipinski definition) is 1. The normalized spacial score (nSPS) is 28.2. The predicted molar refractivity (Wildman–Crippen MR) is 64.9 cm³/mol. The number of aliphatic hydroxyl groups is 1. The van der Waals surface area contributed by atoms with Gasteiger partial charge in [0.2, 0.25) is 0 Å². The molecule has 1 aliphatic carbocycles. The van der Waals surface area contributed by atoms with Crippen LogP contribution in [-0.2, 0) is 6.18 Å². The quantitative estimate of drug-likeness (QED) is 0.892. The lowest BCUT2D eigenvalue weighted by Gasteiger charge is -2.32. The molecule has 1 aromatic rings. The average molecular weight is 274 g/mol. The maximum absolute atomic E-state index is 12.8. The van der Waals surface area contributed by atoms with Crippen LogP contribution >= 0.6 is 0 Å². The molecule has 0 bridgehead atoms. The molecule has 106 valence electrons. The lowest BCUT2D eigenvalue weighted by Crippen LogP contribution is -2.37. The first-order valence-corrected chi connectivity index (χ1v) is 6.39. The van der Waals surface area contributed by atoms with Crippen molar-refractivity contribution >= 4 is 0 Å². The summed E-state index contributed by atoms with van der Waals surface area (Å²) in [6.07, 6.45) is -3.68. The second-order valence-corrected chi connectivity index (χ2v) is 5.14. The van der Waals surface area contributed by atoms with Crippen molar-refractivity contribution in [3.8, 4) is 5.75 Å². The summed E-state index contributed by atoms with van der Waals surface area (Å²) in [4.78, 5) is 0. The summed E-state index contributed by atoms with van der Waals surface area (Å²) in [6.45, 7) is 2.01. The zero-order chi connectivity index (χ0) is 14.0. The molecule has 0 aromatic heterocycles. The average Bonchev–Trinajstić information content (AvgIpc) is 2.33. The highest BCUT2D eigenvalue weighted by atomic mass is 19.4. The molecule has 1 N–H and O–H groups in total. The molecule has 0 spiro atoms. The van der Waals surface area contributed by atoms with Crippen molar-refractivity contribution in [3.63, 3.8) is 0 Å². The summed E-state index contributed by atoms with van der Waals surface area (Å²) in [6, 6.07) is 5.13. The number of aliphatic hydroxyl groups excluding tert-OH is 1. The second-order valence-electron chi connectivity index (χ2n) is 5.14. The molecule has 2 nitrogen and oxygen atoms in total. The highest BCUT2D eigenvalue weighted by Crippen LogP contribution is 2.37. The molecule has 1 fully saturated rings. The Balaban J connectivity index is 2.19. The van der Waals surface area contributed by atoms with Crippen molar-refractivity contribution in [1.82, 2.24) is 0 Å². The fourth-order valence-corrected chi connectivity index (χ4v) is 2.41. The third kappa shape index (κ3) is 3.41. The highest BCUT2D eigenvalue weighted by molar-refractivity contribution is 5.35. The van der Waals surface area contributed by atoms with Crippen LogP contribution in [0.25, 0.3) is 0 Å². The molecule has 3 unspecified atom stereocenters. The number of benzene rings is 1. The maximum atomic E-state index is 12.8. The van der Waals surface area contributed by atoms with Crippen LogP contribution in [0.2, 0.25) is 0 Å². The number of ether oxygens (including phenoxy) is 1. The highest BCUT2D eigenvalue weighted by Gasteiger charge is 2.36. The summed E-state index contributed by atoms with van der Waals surface area (Å²) < 4.78 is 43.9. The minimum absolute atomic E-state index is 0.201. The summed E-state index contributed by atoms with van der Waals surface area (Å²) in [5, 5.41) is 9.84. The first-order valence-electron chi connectivity index (χ1n) is 6.39. The zero-order valence-corrected chi connectivity index (χ0v) is 10.7. The fraction of sp³-hybridized carbons (Fsp3) is 0.571. The molecule has 2 rings (SSSR count). The van der Waals surface area contributed by atoms with Crippen LogP contribution in [0.5, 0.6) is 5.75 Å². The van der Waals surface area contributed by atoms with E-state index in [4.69, 9.17) is 4.74 Å². The van der Waals surface area contributed by atoms with Gasteiger partial charge in [-0.15, -0.1) is 0 Å². The van der Waals surface area contributed by atoms with Crippen LogP contribution in [0.15, 0.2) is 24.3 Å². The van der Waals surface area contributed by atoms with Gasteiger partial charge in [-0.3, -0.25) is 0 Å². The largest absolute Gasteiger partial charge is 0.487 e. The third-order valence-electron chi connectivity index (χ3n) is 3.49. The van der Waals surface area contributed by atoms with Gasteiger partial charge >= 0.3 is 6.18 Å². The van der Waals surface area contributed by atoms with Crippen LogP contribution in [0.1, 0.15) is 31.7 Å². The molecule has 1 aromatic carbocycles. The van der Waals surface area contributed by atoms with Crippen LogP contribution in [-0.4, -0.2) is 17.3 Å². The Labute approximate surface area is 110 Å². The molecular weight excluding hydrogens is 257 g/mol. The van der Waals surface area contributed by atoms with Crippen molar-refractivity contribution in [2.24, 2.45) is 5.92 Å². The molecule has 1 aliphatic rings. The number of alkyl halides is 3. The number of rotatable bonds is 2. The minimum atomic E-state index is -4.44. The van der Waals surface area contributed by atoms with Gasteiger partial charge in [-0.2, -0.15) is 13.2 Å². The van der Waals surface area contributed by atoms with E-state index < -0.39 is 23.9 Å². The van der Waals surface area contributed by atoms with Crippen LogP contribution in [0.4, 0.5) is 13.2 Å². The van der Waals surface area contributed by atoms with Gasteiger partial charge in [-0.05, 0) is 37.3 Å². The molecule has 19 heavy (non-hydrogen) atoms. The molecule has 0 aliphatic heterocycles. The van der Waals surface area contributed by atoms with Crippen molar-refractivity contribution in [2.75, 3.05) is 0 Å². The lowest BCUT2D eigenvalue weighted by molar-refractivity contribution is -0.140. The monoisotopic (exact) mass is 274 g/mol. The Morgan fingerprint density at radius 2 is 1.89 bits per heavy atom. The smallest absolute Gasteiger partial charge is 0.419 e. The van der Waals surface area contributed by atoms with Crippen LogP contribution < -0.4 is 4.74 Å². The van der Waals surface area contributed by atoms with Crippen LogP contribution in [0, 0.1) is 5.92 Å². The Morgan fingerprint density at radius 1 is 1.21 bits per heavy atom. The van der Waals surface area contributed by atoms with Crippen molar-refractivity contribution in [1.29, 1.82) is 0 Å². The van der Waals surface area contributed by atoms with Crippen molar-refractivity contribution < 1.29 is 23.0 Å². The molecule has 0 radical (unpaired) electrons. The van der Waals surface area contributed by atoms with E-state index in [1.165, 1.54) is 18.2 Å². The van der Waals surface area contributed by atoms with Gasteiger partial charge in [0.05, 0.1) is 11.7 Å². The first kappa shape index (κ1) is 14.2. The molecule has 1 saturated carbocycles. The summed E-state index contributed by atoms with van der Waals surface area (Å²) in [7, 11) is 0. The summed E-state index contributed by atoms with van der Waals surface area (Å²) in [5.74, 6) is 0.152. The number of para-hydroxylation sites is 1. The van der Waals surface area contributed by atoms with Gasteiger partial charge in [0.1, 0.15) is 11.9 Å². The van der Waals surface area contributed by atoms with E-state index >= 15 is 0 Å². The van der Waals surface area contributed by atoms with Gasteiger partial charge in [-0.1, -0.05) is 19.1 Å². The maximum Gasteiger partial charge on any atom is 0.419 e. The Bertz CT molecular complexity index is 431. The van der Waals surface area contributed by atoms with E-state index in [1.807, 2.05) is 6.92 Å². The number of halogens is 3. The van der Waals surface area contributed by atoms with Gasteiger partial charge in [0.15, 0.2) is 0 Å². The number of hydrogen-bond acceptors (Lipinski definition) is 2. The van der Waals surface area contributed by atoms with E-state index in [0.717, 1.165) is 12.5 Å². The van der Waals surface area contributed by atoms with Crippen molar-refractivity contribution in [2.45, 2.75) is 44.6 Å². The van der Waals surface area contributed by atoms with E-state index in [-0.39, 0.29) is 5.75 Å². The van der Waals surface area contributed by atoms with E-state index in [0.29, 0.717) is 18.8 Å². The zero-order valence-electron chi connectivity index (χ0n) is 10.7. The summed E-state index contributed by atoms with van der Waals surface area (Å²) >= 11 is 0. The topological polar surface area (TPSA) is 29.5 Å². The summed E-state index contributed by atoms with van der Waals surface area (Å²) in [5.41, 5.74) is -0.791. The van der Waals surface area contributed by atoms with Crippen molar-refractivity contribution in [3.05, 3.63) is 29.8 Å². The molecule has 3 atom stereocenters. The molecule has 0 amide bonds. The molecular formula is C14H17F3O2. The van der Waals surface area contributed by atoms with Gasteiger partial charge in [-0.25, -0.2) is 0 Å². The van der Waals surface area contributed by atoms with E-state index in [2.05, 4.69) is 0 Å². The second kappa shape index (κ2) is 5.41. The van der Waals surface area contributed by atoms with E-state index in [1.54, 1.807) is 0 Å². The fourth-order valence-electron chi connectivity index (χ4n) is 2.41.